The molecule has 0 amide bonds. The second-order valence-corrected chi connectivity index (χ2v) is 5.59. The van der Waals surface area contributed by atoms with Crippen LogP contribution in [0.4, 0.5) is 0 Å². The molecule has 1 aromatic rings. The summed E-state index contributed by atoms with van der Waals surface area (Å²) in [6.45, 7) is 1.69. The van der Waals surface area contributed by atoms with E-state index in [0.717, 1.165) is 5.56 Å². The molecule has 6 heteroatoms. The predicted molar refractivity (Wildman–Crippen MR) is 66.5 cm³/mol. The Labute approximate surface area is 107 Å². The van der Waals surface area contributed by atoms with Crippen LogP contribution >= 0.6 is 0 Å². The highest BCUT2D eigenvalue weighted by atomic mass is 32.2. The first kappa shape index (κ1) is 14.7. The number of carbonyl (C=O) groups is 1. The molecule has 1 aromatic carbocycles. The van der Waals surface area contributed by atoms with E-state index in [-0.39, 0.29) is 19.4 Å². The van der Waals surface area contributed by atoms with Crippen LogP contribution in [0.5, 0.6) is 0 Å². The van der Waals surface area contributed by atoms with E-state index >= 15 is 0 Å². The minimum atomic E-state index is -4.19. The third-order valence-electron chi connectivity index (χ3n) is 2.51. The molecule has 1 N–H and O–H groups in total. The van der Waals surface area contributed by atoms with Gasteiger partial charge in [-0.3, -0.25) is 9.35 Å². The Morgan fingerprint density at radius 2 is 1.94 bits per heavy atom. The van der Waals surface area contributed by atoms with Crippen molar-refractivity contribution in [2.45, 2.75) is 31.6 Å². The zero-order valence-corrected chi connectivity index (χ0v) is 10.9. The van der Waals surface area contributed by atoms with Crippen molar-refractivity contribution in [1.82, 2.24) is 0 Å². The van der Waals surface area contributed by atoms with Gasteiger partial charge in [0.1, 0.15) is 6.61 Å². The molecule has 0 radical (unpaired) electrons. The van der Waals surface area contributed by atoms with E-state index in [4.69, 9.17) is 9.29 Å². The van der Waals surface area contributed by atoms with Crippen molar-refractivity contribution >= 4 is 16.1 Å². The van der Waals surface area contributed by atoms with E-state index in [1.807, 2.05) is 18.2 Å². The van der Waals surface area contributed by atoms with E-state index in [0.29, 0.717) is 0 Å². The summed E-state index contributed by atoms with van der Waals surface area (Å²) in [4.78, 5) is 11.4. The number of carbonyl (C=O) groups excluding carboxylic acids is 1. The van der Waals surface area contributed by atoms with Gasteiger partial charge in [-0.05, 0) is 12.0 Å². The van der Waals surface area contributed by atoms with Crippen molar-refractivity contribution in [2.75, 3.05) is 0 Å². The summed E-state index contributed by atoms with van der Waals surface area (Å²) in [5.41, 5.74) is 0.825. The molecule has 0 aliphatic heterocycles. The second-order valence-electron chi connectivity index (χ2n) is 3.90. The predicted octanol–water partition coefficient (Wildman–Crippen LogP) is 1.79. The first-order valence-electron chi connectivity index (χ1n) is 5.59. The Kier molecular flexibility index (Phi) is 5.30. The first-order chi connectivity index (χ1) is 8.43. The molecule has 18 heavy (non-hydrogen) atoms. The second kappa shape index (κ2) is 6.51. The molecule has 0 aliphatic rings. The SMILES string of the molecule is CCC(CC(=O)OCc1ccccc1)S(=O)(=O)O. The summed E-state index contributed by atoms with van der Waals surface area (Å²) >= 11 is 0. The minimum Gasteiger partial charge on any atom is -0.461 e. The van der Waals surface area contributed by atoms with Crippen LogP contribution in [0.2, 0.25) is 0 Å². The molecular formula is C12H16O5S. The normalized spacial score (nSPS) is 13.0. The highest BCUT2D eigenvalue weighted by Crippen LogP contribution is 2.10. The molecule has 0 spiro atoms. The van der Waals surface area contributed by atoms with Crippen LogP contribution in [-0.2, 0) is 26.3 Å². The summed E-state index contributed by atoms with van der Waals surface area (Å²) in [6, 6.07) is 9.07. The molecule has 5 nitrogen and oxygen atoms in total. The van der Waals surface area contributed by atoms with Gasteiger partial charge in [0.05, 0.1) is 11.7 Å². The zero-order valence-electron chi connectivity index (χ0n) is 10.1. The standard InChI is InChI=1S/C12H16O5S/c1-2-11(18(14,15)16)8-12(13)17-9-10-6-4-3-5-7-10/h3-7,11H,2,8-9H2,1H3,(H,14,15,16). The molecule has 1 atom stereocenters. The summed E-state index contributed by atoms with van der Waals surface area (Å²) in [6.07, 6.45) is -0.165. The van der Waals surface area contributed by atoms with Crippen LogP contribution < -0.4 is 0 Å². The maximum absolute atomic E-state index is 11.4. The molecule has 1 unspecified atom stereocenters. The van der Waals surface area contributed by atoms with Gasteiger partial charge in [-0.2, -0.15) is 8.42 Å². The number of hydrogen-bond acceptors (Lipinski definition) is 4. The smallest absolute Gasteiger partial charge is 0.307 e. The fraction of sp³-hybridized carbons (Fsp3) is 0.417. The lowest BCUT2D eigenvalue weighted by molar-refractivity contribution is -0.145. The van der Waals surface area contributed by atoms with Crippen LogP contribution in [0.1, 0.15) is 25.3 Å². The van der Waals surface area contributed by atoms with Gasteiger partial charge in [-0.15, -0.1) is 0 Å². The van der Waals surface area contributed by atoms with Crippen LogP contribution in [0.15, 0.2) is 30.3 Å². The minimum absolute atomic E-state index is 0.0988. The fourth-order valence-corrected chi connectivity index (χ4v) is 2.21. The largest absolute Gasteiger partial charge is 0.461 e. The Morgan fingerprint density at radius 3 is 2.44 bits per heavy atom. The molecule has 1 rings (SSSR count). The monoisotopic (exact) mass is 272 g/mol. The van der Waals surface area contributed by atoms with Gasteiger partial charge in [0.2, 0.25) is 0 Å². The number of rotatable bonds is 6. The third-order valence-corrected chi connectivity index (χ3v) is 3.86. The Balaban J connectivity index is 2.47. The van der Waals surface area contributed by atoms with Crippen LogP contribution in [0.3, 0.4) is 0 Å². The van der Waals surface area contributed by atoms with Crippen molar-refractivity contribution in [3.05, 3.63) is 35.9 Å². The number of esters is 1. The van der Waals surface area contributed by atoms with Crippen molar-refractivity contribution in [3.63, 3.8) is 0 Å². The lowest BCUT2D eigenvalue weighted by Crippen LogP contribution is -2.24. The topological polar surface area (TPSA) is 80.7 Å². The van der Waals surface area contributed by atoms with Crippen LogP contribution in [-0.4, -0.2) is 24.2 Å². The van der Waals surface area contributed by atoms with E-state index in [1.165, 1.54) is 0 Å². The van der Waals surface area contributed by atoms with E-state index < -0.39 is 21.3 Å². The molecule has 0 fully saturated rings. The number of hydrogen-bond donors (Lipinski definition) is 1. The maximum atomic E-state index is 11.4. The average Bonchev–Trinajstić information content (AvgIpc) is 2.33. The quantitative estimate of drug-likeness (QED) is 0.630. The van der Waals surface area contributed by atoms with Crippen LogP contribution in [0, 0.1) is 0 Å². The number of benzene rings is 1. The molecule has 0 bridgehead atoms. The van der Waals surface area contributed by atoms with Crippen molar-refractivity contribution < 1.29 is 22.5 Å². The molecule has 0 saturated heterocycles. The lowest BCUT2D eigenvalue weighted by atomic mass is 10.2. The molecular weight excluding hydrogens is 256 g/mol. The van der Waals surface area contributed by atoms with Gasteiger partial charge in [0.15, 0.2) is 0 Å². The summed E-state index contributed by atoms with van der Waals surface area (Å²) in [7, 11) is -4.19. The molecule has 0 aliphatic carbocycles. The number of ether oxygens (including phenoxy) is 1. The van der Waals surface area contributed by atoms with Gasteiger partial charge in [-0.25, -0.2) is 0 Å². The Hall–Kier alpha value is -1.40. The molecule has 0 heterocycles. The van der Waals surface area contributed by atoms with Crippen LogP contribution in [0.25, 0.3) is 0 Å². The highest BCUT2D eigenvalue weighted by molar-refractivity contribution is 7.86. The molecule has 0 saturated carbocycles. The molecule has 100 valence electrons. The van der Waals surface area contributed by atoms with Gasteiger partial charge in [0, 0.05) is 0 Å². The fourth-order valence-electron chi connectivity index (χ4n) is 1.44. The Bertz CT molecular complexity index is 480. The first-order valence-corrected chi connectivity index (χ1v) is 7.09. The highest BCUT2D eigenvalue weighted by Gasteiger charge is 2.24. The van der Waals surface area contributed by atoms with Gasteiger partial charge in [-0.1, -0.05) is 37.3 Å². The lowest BCUT2D eigenvalue weighted by Gasteiger charge is -2.11. The van der Waals surface area contributed by atoms with Gasteiger partial charge >= 0.3 is 5.97 Å². The van der Waals surface area contributed by atoms with E-state index in [9.17, 15) is 13.2 Å². The third kappa shape index (κ3) is 4.85. The van der Waals surface area contributed by atoms with Gasteiger partial charge in [0.25, 0.3) is 10.1 Å². The summed E-state index contributed by atoms with van der Waals surface area (Å²) < 4.78 is 35.7. The van der Waals surface area contributed by atoms with Crippen molar-refractivity contribution in [2.24, 2.45) is 0 Å². The van der Waals surface area contributed by atoms with Crippen molar-refractivity contribution in [3.8, 4) is 0 Å². The van der Waals surface area contributed by atoms with Gasteiger partial charge < -0.3 is 4.74 Å². The van der Waals surface area contributed by atoms with E-state index in [2.05, 4.69) is 0 Å². The van der Waals surface area contributed by atoms with Crippen molar-refractivity contribution in [1.29, 1.82) is 0 Å². The zero-order chi connectivity index (χ0) is 13.6. The molecule has 0 aromatic heterocycles. The summed E-state index contributed by atoms with van der Waals surface area (Å²) in [5.74, 6) is -0.636. The Morgan fingerprint density at radius 1 is 1.33 bits per heavy atom. The van der Waals surface area contributed by atoms with E-state index in [1.54, 1.807) is 19.1 Å². The maximum Gasteiger partial charge on any atom is 0.307 e. The average molecular weight is 272 g/mol. The summed E-state index contributed by atoms with van der Waals surface area (Å²) in [5, 5.41) is -1.10.